The number of benzene rings is 2. The van der Waals surface area contributed by atoms with Gasteiger partial charge in [0.1, 0.15) is 0 Å². The minimum Gasteiger partial charge on any atom is -0.357 e. The number of aromatic nitrogens is 2. The predicted octanol–water partition coefficient (Wildman–Crippen LogP) is 4.18. The van der Waals surface area contributed by atoms with Gasteiger partial charge in [-0.3, -0.25) is 9.59 Å². The second kappa shape index (κ2) is 8.90. The molecule has 1 saturated heterocycles. The summed E-state index contributed by atoms with van der Waals surface area (Å²) >= 11 is 0. The first-order valence-electron chi connectivity index (χ1n) is 13.3. The number of aromatic amines is 1. The summed E-state index contributed by atoms with van der Waals surface area (Å²) < 4.78 is 1.86. The van der Waals surface area contributed by atoms with Gasteiger partial charge in [-0.15, -0.1) is 0 Å². The lowest BCUT2D eigenvalue weighted by atomic mass is 9.83. The Labute approximate surface area is 219 Å². The summed E-state index contributed by atoms with van der Waals surface area (Å²) in [6, 6.07) is 20.7. The van der Waals surface area contributed by atoms with Gasteiger partial charge in [-0.25, -0.2) is 4.79 Å². The molecule has 3 aliphatic rings. The number of urea groups is 1. The monoisotopic (exact) mass is 507 g/mol. The highest BCUT2D eigenvalue weighted by atomic mass is 16.2. The number of nitrogens with zero attached hydrogens (tertiary/aromatic N) is 3. The minimum absolute atomic E-state index is 0.0276. The maximum absolute atomic E-state index is 13.6. The minimum atomic E-state index is -0.205. The zero-order valence-electron chi connectivity index (χ0n) is 21.0. The number of nitrogens with one attached hydrogen (secondary N) is 2. The number of piperidine rings is 1. The summed E-state index contributed by atoms with van der Waals surface area (Å²) in [6.45, 7) is 2.92. The maximum atomic E-state index is 13.6. The molecule has 5 heterocycles. The quantitative estimate of drug-likeness (QED) is 0.427. The number of amides is 3. The SMILES string of the molecule is O=C(Nc1ccccc1C(=O)N1CCc2c([nH]c3ccccc23)C1)N1C[C@H]2C[C@@H](C1)c1cccc(=O)n1C2. The first kappa shape index (κ1) is 22.8. The Morgan fingerprint density at radius 2 is 1.74 bits per heavy atom. The molecule has 0 saturated carbocycles. The van der Waals surface area contributed by atoms with Gasteiger partial charge in [0.15, 0.2) is 0 Å². The number of hydrogen-bond acceptors (Lipinski definition) is 3. The molecule has 0 radical (unpaired) electrons. The fraction of sp³-hybridized carbons (Fsp3) is 0.300. The lowest BCUT2D eigenvalue weighted by Gasteiger charge is -2.42. The Morgan fingerprint density at radius 3 is 2.66 bits per heavy atom. The standard InChI is InChI=1S/C30H29N5O3/c36-28-11-5-10-27-20-14-19(16-35(27)28)15-34(17-20)30(38)32-25-9-4-2-7-23(25)29(37)33-13-12-22-21-6-1-3-8-24(21)31-26(22)18-33/h1-11,19-20,31H,12-18H2,(H,32,38)/t19-,20+/m1/s1. The molecule has 3 aliphatic heterocycles. The van der Waals surface area contributed by atoms with E-state index in [4.69, 9.17) is 0 Å². The summed E-state index contributed by atoms with van der Waals surface area (Å²) in [6.07, 6.45) is 1.77. The molecule has 0 spiro atoms. The van der Waals surface area contributed by atoms with Crippen LogP contribution in [0.25, 0.3) is 10.9 Å². The van der Waals surface area contributed by atoms with E-state index in [1.165, 1.54) is 10.9 Å². The van der Waals surface area contributed by atoms with E-state index < -0.39 is 0 Å². The average Bonchev–Trinajstić information content (AvgIpc) is 3.31. The van der Waals surface area contributed by atoms with Crippen LogP contribution in [-0.2, 0) is 19.5 Å². The maximum Gasteiger partial charge on any atom is 0.321 e. The highest BCUT2D eigenvalue weighted by molar-refractivity contribution is 6.03. The molecule has 8 nitrogen and oxygen atoms in total. The zero-order chi connectivity index (χ0) is 25.8. The van der Waals surface area contributed by atoms with Crippen LogP contribution in [-0.4, -0.2) is 50.9 Å². The molecule has 8 heteroatoms. The van der Waals surface area contributed by atoms with Gasteiger partial charge in [0.2, 0.25) is 0 Å². The fourth-order valence-corrected chi connectivity index (χ4v) is 6.57. The third-order valence-corrected chi connectivity index (χ3v) is 8.34. The van der Waals surface area contributed by atoms with Crippen LogP contribution in [0.15, 0.2) is 71.5 Å². The fourth-order valence-electron chi connectivity index (χ4n) is 6.57. The van der Waals surface area contributed by atoms with Crippen LogP contribution in [0.2, 0.25) is 0 Å². The van der Waals surface area contributed by atoms with Crippen molar-refractivity contribution < 1.29 is 9.59 Å². The summed E-state index contributed by atoms with van der Waals surface area (Å²) in [5, 5.41) is 4.25. The van der Waals surface area contributed by atoms with Crippen molar-refractivity contribution in [3.05, 3.63) is 99.6 Å². The molecule has 1 fully saturated rings. The molecular formula is C30H29N5O3. The lowest BCUT2D eigenvalue weighted by molar-refractivity contribution is 0.0734. The Kier molecular flexibility index (Phi) is 5.35. The Hall–Kier alpha value is -4.33. The molecule has 192 valence electrons. The van der Waals surface area contributed by atoms with Crippen LogP contribution in [0.1, 0.15) is 39.6 Å². The highest BCUT2D eigenvalue weighted by Gasteiger charge is 2.36. The third-order valence-electron chi connectivity index (χ3n) is 8.34. The second-order valence-electron chi connectivity index (χ2n) is 10.7. The number of likely N-dealkylation sites (tertiary alicyclic amines) is 1. The van der Waals surface area contributed by atoms with Crippen LogP contribution >= 0.6 is 0 Å². The van der Waals surface area contributed by atoms with Gasteiger partial charge in [0.05, 0.1) is 17.8 Å². The van der Waals surface area contributed by atoms with E-state index in [0.29, 0.717) is 44.0 Å². The smallest absolute Gasteiger partial charge is 0.321 e. The predicted molar refractivity (Wildman–Crippen MR) is 145 cm³/mol. The van der Waals surface area contributed by atoms with Gasteiger partial charge in [0, 0.05) is 60.5 Å². The number of rotatable bonds is 2. The summed E-state index contributed by atoms with van der Waals surface area (Å²) in [4.78, 5) is 46.5. The van der Waals surface area contributed by atoms with Crippen LogP contribution in [0.3, 0.4) is 0 Å². The van der Waals surface area contributed by atoms with E-state index in [9.17, 15) is 14.4 Å². The third kappa shape index (κ3) is 3.79. The van der Waals surface area contributed by atoms with Gasteiger partial charge in [-0.05, 0) is 48.6 Å². The van der Waals surface area contributed by atoms with Crippen LogP contribution < -0.4 is 10.9 Å². The first-order valence-corrected chi connectivity index (χ1v) is 13.3. The summed E-state index contributed by atoms with van der Waals surface area (Å²) in [7, 11) is 0. The normalized spacial score (nSPS) is 20.1. The van der Waals surface area contributed by atoms with Crippen molar-refractivity contribution in [2.75, 3.05) is 25.0 Å². The topological polar surface area (TPSA) is 90.4 Å². The molecule has 2 N–H and O–H groups in total. The number of carbonyl (C=O) groups excluding carboxylic acids is 2. The van der Waals surface area contributed by atoms with E-state index in [2.05, 4.69) is 22.4 Å². The van der Waals surface area contributed by atoms with Crippen molar-refractivity contribution in [2.45, 2.75) is 31.8 Å². The van der Waals surface area contributed by atoms with Gasteiger partial charge >= 0.3 is 6.03 Å². The number of fused-ring (bicyclic) bond motifs is 7. The Morgan fingerprint density at radius 1 is 0.895 bits per heavy atom. The number of pyridine rings is 1. The van der Waals surface area contributed by atoms with Crippen LogP contribution in [0, 0.1) is 5.92 Å². The molecule has 2 bridgehead atoms. The lowest BCUT2D eigenvalue weighted by Crippen LogP contribution is -2.50. The summed E-state index contributed by atoms with van der Waals surface area (Å²) in [5.74, 6) is 0.287. The van der Waals surface area contributed by atoms with Gasteiger partial charge in [-0.2, -0.15) is 0 Å². The molecule has 38 heavy (non-hydrogen) atoms. The van der Waals surface area contributed by atoms with Crippen molar-refractivity contribution in [3.8, 4) is 0 Å². The van der Waals surface area contributed by atoms with Crippen molar-refractivity contribution in [3.63, 3.8) is 0 Å². The molecule has 0 aliphatic carbocycles. The molecule has 2 aromatic heterocycles. The number of hydrogen-bond donors (Lipinski definition) is 2. The number of para-hydroxylation sites is 2. The van der Waals surface area contributed by atoms with Crippen molar-refractivity contribution in [2.24, 2.45) is 5.92 Å². The Bertz CT molecular complexity index is 1640. The van der Waals surface area contributed by atoms with Crippen molar-refractivity contribution in [1.82, 2.24) is 19.4 Å². The first-order chi connectivity index (χ1) is 18.5. The molecule has 2 aromatic carbocycles. The molecule has 2 atom stereocenters. The number of H-pyrrole nitrogens is 1. The molecule has 3 amide bonds. The molecule has 4 aromatic rings. The molecular weight excluding hydrogens is 478 g/mol. The molecule has 0 unspecified atom stereocenters. The second-order valence-corrected chi connectivity index (χ2v) is 10.7. The van der Waals surface area contributed by atoms with Gasteiger partial charge in [0.25, 0.3) is 11.5 Å². The largest absolute Gasteiger partial charge is 0.357 e. The van der Waals surface area contributed by atoms with Crippen LogP contribution in [0.4, 0.5) is 10.5 Å². The van der Waals surface area contributed by atoms with Crippen molar-refractivity contribution >= 4 is 28.5 Å². The Balaban J connectivity index is 1.09. The van der Waals surface area contributed by atoms with E-state index in [0.717, 1.165) is 29.7 Å². The van der Waals surface area contributed by atoms with E-state index >= 15 is 0 Å². The van der Waals surface area contributed by atoms with Gasteiger partial charge in [-0.1, -0.05) is 36.4 Å². The molecule has 7 rings (SSSR count). The highest BCUT2D eigenvalue weighted by Crippen LogP contribution is 2.35. The average molecular weight is 508 g/mol. The van der Waals surface area contributed by atoms with E-state index in [1.54, 1.807) is 24.3 Å². The van der Waals surface area contributed by atoms with E-state index in [1.807, 2.05) is 44.7 Å². The van der Waals surface area contributed by atoms with Crippen molar-refractivity contribution in [1.29, 1.82) is 0 Å². The number of anilines is 1. The van der Waals surface area contributed by atoms with Gasteiger partial charge < -0.3 is 24.7 Å². The summed E-state index contributed by atoms with van der Waals surface area (Å²) in [5.41, 5.74) is 5.51. The number of carbonyl (C=O) groups is 2. The zero-order valence-corrected chi connectivity index (χ0v) is 21.0. The van der Waals surface area contributed by atoms with Crippen LogP contribution in [0.5, 0.6) is 0 Å². The van der Waals surface area contributed by atoms with E-state index in [-0.39, 0.29) is 29.3 Å².